The summed E-state index contributed by atoms with van der Waals surface area (Å²) in [5.74, 6) is -1.25. The Balaban J connectivity index is 1.78. The minimum absolute atomic E-state index is 0.0180. The minimum Gasteiger partial charge on any atom is -0.266 e. The molecule has 2 aromatic carbocycles. The minimum atomic E-state index is -4.79. The molecule has 0 radical (unpaired) electrons. The van der Waals surface area contributed by atoms with Crippen LogP contribution in [0.4, 0.5) is 13.2 Å². The number of rotatable bonds is 9. The van der Waals surface area contributed by atoms with Crippen molar-refractivity contribution in [3.8, 4) is 0 Å². The Hall–Kier alpha value is -2.21. The number of aryl methyl sites for hydroxylation is 2. The van der Waals surface area contributed by atoms with Crippen molar-refractivity contribution >= 4 is 20.2 Å². The van der Waals surface area contributed by atoms with Crippen LogP contribution in [0.15, 0.2) is 70.5 Å². The molecule has 192 valence electrons. The van der Waals surface area contributed by atoms with E-state index in [1.807, 2.05) is 0 Å². The third-order valence-corrected chi connectivity index (χ3v) is 8.77. The zero-order chi connectivity index (χ0) is 25.9. The van der Waals surface area contributed by atoms with E-state index in [4.69, 9.17) is 8.37 Å². The quantitative estimate of drug-likeness (QED) is 0.321. The van der Waals surface area contributed by atoms with Crippen molar-refractivity contribution in [2.24, 2.45) is 11.3 Å². The largest absolute Gasteiger partial charge is 0.398 e. The summed E-state index contributed by atoms with van der Waals surface area (Å²) in [4.78, 5) is -0.313. The van der Waals surface area contributed by atoms with Gasteiger partial charge in [-0.1, -0.05) is 47.5 Å². The fourth-order valence-corrected chi connectivity index (χ4v) is 5.87. The molecular formula is C24H27F3O6S2. The Kier molecular flexibility index (Phi) is 8.15. The summed E-state index contributed by atoms with van der Waals surface area (Å²) >= 11 is 0. The Bertz CT molecular complexity index is 1250. The second kappa shape index (κ2) is 10.4. The smallest absolute Gasteiger partial charge is 0.266 e. The fraction of sp³-hybridized carbons (Fsp3) is 0.417. The van der Waals surface area contributed by atoms with E-state index in [9.17, 15) is 30.0 Å². The van der Waals surface area contributed by atoms with Crippen molar-refractivity contribution < 1.29 is 38.4 Å². The van der Waals surface area contributed by atoms with Gasteiger partial charge >= 0.3 is 6.18 Å². The van der Waals surface area contributed by atoms with Gasteiger partial charge in [-0.15, -0.1) is 0 Å². The zero-order valence-electron chi connectivity index (χ0n) is 19.3. The maximum Gasteiger partial charge on any atom is 0.398 e. The topological polar surface area (TPSA) is 86.7 Å². The molecule has 3 rings (SSSR count). The molecule has 0 heterocycles. The number of benzene rings is 2. The van der Waals surface area contributed by atoms with E-state index >= 15 is 0 Å². The Morgan fingerprint density at radius 3 is 1.83 bits per heavy atom. The first kappa shape index (κ1) is 27.4. The van der Waals surface area contributed by atoms with E-state index in [2.05, 4.69) is 0 Å². The van der Waals surface area contributed by atoms with Gasteiger partial charge < -0.3 is 0 Å². The van der Waals surface area contributed by atoms with E-state index in [-0.39, 0.29) is 16.2 Å². The molecule has 0 aliphatic heterocycles. The van der Waals surface area contributed by atoms with Crippen LogP contribution in [-0.2, 0) is 28.6 Å². The summed E-state index contributed by atoms with van der Waals surface area (Å²) in [6, 6.07) is 11.5. The number of allylic oxidation sites excluding steroid dienone is 2. The first-order chi connectivity index (χ1) is 16.3. The molecule has 0 aromatic heterocycles. The van der Waals surface area contributed by atoms with Gasteiger partial charge in [-0.3, -0.25) is 8.37 Å². The second-order valence-electron chi connectivity index (χ2n) is 8.61. The highest BCUT2D eigenvalue weighted by atomic mass is 32.2. The molecule has 0 spiro atoms. The lowest BCUT2D eigenvalue weighted by atomic mass is 9.68. The third-order valence-electron chi connectivity index (χ3n) is 6.15. The summed E-state index contributed by atoms with van der Waals surface area (Å²) in [5.41, 5.74) is -0.870. The molecule has 2 aromatic rings. The summed E-state index contributed by atoms with van der Waals surface area (Å²) < 4.78 is 103. The van der Waals surface area contributed by atoms with Gasteiger partial charge in [0.2, 0.25) is 0 Å². The summed E-state index contributed by atoms with van der Waals surface area (Å²) in [6.45, 7) is 2.09. The lowest BCUT2D eigenvalue weighted by Crippen LogP contribution is -2.47. The highest BCUT2D eigenvalue weighted by molar-refractivity contribution is 7.87. The second-order valence-corrected chi connectivity index (χ2v) is 11.8. The Morgan fingerprint density at radius 2 is 1.34 bits per heavy atom. The normalized spacial score (nSPS) is 21.2. The molecule has 1 aliphatic rings. The van der Waals surface area contributed by atoms with Gasteiger partial charge in [0.15, 0.2) is 0 Å². The van der Waals surface area contributed by atoms with Crippen LogP contribution in [0.2, 0.25) is 0 Å². The van der Waals surface area contributed by atoms with Crippen LogP contribution in [0.3, 0.4) is 0 Å². The average molecular weight is 533 g/mol. The number of halogens is 3. The van der Waals surface area contributed by atoms with Crippen molar-refractivity contribution in [1.29, 1.82) is 0 Å². The maximum atomic E-state index is 14.4. The molecule has 35 heavy (non-hydrogen) atoms. The third kappa shape index (κ3) is 6.32. The molecular weight excluding hydrogens is 505 g/mol. The van der Waals surface area contributed by atoms with Gasteiger partial charge in [-0.2, -0.15) is 30.0 Å². The monoisotopic (exact) mass is 532 g/mol. The average Bonchev–Trinajstić information content (AvgIpc) is 2.78. The molecule has 0 amide bonds. The van der Waals surface area contributed by atoms with Crippen LogP contribution >= 0.6 is 0 Å². The summed E-state index contributed by atoms with van der Waals surface area (Å²) in [5, 5.41) is 0. The highest BCUT2D eigenvalue weighted by Gasteiger charge is 2.58. The zero-order valence-corrected chi connectivity index (χ0v) is 20.9. The molecule has 11 heteroatoms. The van der Waals surface area contributed by atoms with E-state index in [1.54, 1.807) is 38.1 Å². The molecule has 0 saturated carbocycles. The van der Waals surface area contributed by atoms with Gasteiger partial charge in [0.25, 0.3) is 20.2 Å². The van der Waals surface area contributed by atoms with Crippen LogP contribution in [0.25, 0.3) is 0 Å². The van der Waals surface area contributed by atoms with Crippen LogP contribution in [0.1, 0.15) is 30.4 Å². The summed E-state index contributed by atoms with van der Waals surface area (Å²) in [7, 11) is -8.54. The molecule has 6 nitrogen and oxygen atoms in total. The maximum absolute atomic E-state index is 14.4. The predicted molar refractivity (Wildman–Crippen MR) is 124 cm³/mol. The van der Waals surface area contributed by atoms with Crippen molar-refractivity contribution in [3.63, 3.8) is 0 Å². The SMILES string of the molecule is Cc1ccc(S(=O)(=O)OCC[C@]2(C(F)(F)F)C=CCC[C@@H]2COS(=O)(=O)c2ccc(C)cc2)cc1. The molecule has 0 bridgehead atoms. The van der Waals surface area contributed by atoms with Crippen LogP contribution in [-0.4, -0.2) is 36.2 Å². The molecule has 2 atom stereocenters. The van der Waals surface area contributed by atoms with Gasteiger partial charge in [-0.05, 0) is 57.4 Å². The van der Waals surface area contributed by atoms with Crippen LogP contribution in [0, 0.1) is 25.2 Å². The van der Waals surface area contributed by atoms with Crippen LogP contribution in [0.5, 0.6) is 0 Å². The summed E-state index contributed by atoms with van der Waals surface area (Å²) in [6.07, 6.45) is -2.83. The van der Waals surface area contributed by atoms with E-state index in [0.29, 0.717) is 6.42 Å². The molecule has 0 saturated heterocycles. The first-order valence-corrected chi connectivity index (χ1v) is 13.8. The van der Waals surface area contributed by atoms with Gasteiger partial charge in [0, 0.05) is 5.92 Å². The van der Waals surface area contributed by atoms with E-state index < -0.39 is 57.4 Å². The van der Waals surface area contributed by atoms with Crippen LogP contribution < -0.4 is 0 Å². The Morgan fingerprint density at radius 1 is 0.857 bits per heavy atom. The van der Waals surface area contributed by atoms with Crippen molar-refractivity contribution in [3.05, 3.63) is 71.8 Å². The van der Waals surface area contributed by atoms with Crippen molar-refractivity contribution in [2.45, 2.75) is 49.1 Å². The van der Waals surface area contributed by atoms with Crippen molar-refractivity contribution in [2.75, 3.05) is 13.2 Å². The fourth-order valence-electron chi connectivity index (χ4n) is 4.01. The molecule has 0 unspecified atom stereocenters. The predicted octanol–water partition coefficient (Wildman–Crippen LogP) is 5.32. The molecule has 1 aliphatic carbocycles. The first-order valence-electron chi connectivity index (χ1n) is 10.9. The number of hydrogen-bond acceptors (Lipinski definition) is 6. The van der Waals surface area contributed by atoms with E-state index in [0.717, 1.165) is 17.2 Å². The van der Waals surface area contributed by atoms with Gasteiger partial charge in [0.05, 0.1) is 28.4 Å². The number of alkyl halides is 3. The Labute approximate surface area is 204 Å². The lowest BCUT2D eigenvalue weighted by molar-refractivity contribution is -0.232. The standard InChI is InChI=1S/C24H27F3O6S2/c1-18-6-10-21(11-7-18)34(28,29)32-16-15-23(24(25,26)27)14-4-3-5-20(23)17-33-35(30,31)22-12-8-19(2)9-13-22/h4,6-14,20H,3,5,15-17H2,1-2H3/t20-,23-/m1/s1. The highest BCUT2D eigenvalue weighted by Crippen LogP contribution is 2.52. The van der Waals surface area contributed by atoms with Crippen molar-refractivity contribution in [1.82, 2.24) is 0 Å². The molecule has 0 fully saturated rings. The van der Waals surface area contributed by atoms with Gasteiger partial charge in [-0.25, -0.2) is 0 Å². The van der Waals surface area contributed by atoms with Gasteiger partial charge in [0.1, 0.15) is 0 Å². The van der Waals surface area contributed by atoms with E-state index in [1.165, 1.54) is 30.3 Å². The number of hydrogen-bond donors (Lipinski definition) is 0. The lowest BCUT2D eigenvalue weighted by Gasteiger charge is -2.41. The molecule has 0 N–H and O–H groups in total.